The molecule has 2 fully saturated rings. The van der Waals surface area contributed by atoms with Gasteiger partial charge in [-0.3, -0.25) is 4.57 Å². The van der Waals surface area contributed by atoms with Crippen LogP contribution in [0.15, 0.2) is 22.6 Å². The number of halogens is 2. The van der Waals surface area contributed by atoms with E-state index in [1.54, 1.807) is 0 Å². The van der Waals surface area contributed by atoms with Crippen molar-refractivity contribution >= 4 is 11.6 Å². The highest BCUT2D eigenvalue weighted by atomic mass is 35.5. The van der Waals surface area contributed by atoms with Crippen molar-refractivity contribution in [3.63, 3.8) is 0 Å². The van der Waals surface area contributed by atoms with Gasteiger partial charge < -0.3 is 24.8 Å². The van der Waals surface area contributed by atoms with Crippen molar-refractivity contribution in [2.75, 3.05) is 13.2 Å². The first kappa shape index (κ1) is 20.2. The number of rotatable bonds is 5. The Morgan fingerprint density at radius 1 is 1.41 bits per heavy atom. The second-order valence-corrected chi connectivity index (χ2v) is 7.11. The van der Waals surface area contributed by atoms with E-state index in [-0.39, 0.29) is 17.5 Å². The van der Waals surface area contributed by atoms with Crippen LogP contribution in [0.1, 0.15) is 38.3 Å². The van der Waals surface area contributed by atoms with Crippen LogP contribution in [0.3, 0.4) is 0 Å². The Morgan fingerprint density at radius 3 is 2.74 bits per heavy atom. The number of nitrogens with zero attached hydrogens (tertiary/aromatic N) is 2. The van der Waals surface area contributed by atoms with E-state index in [4.69, 9.17) is 26.2 Å². The normalized spacial score (nSPS) is 31.1. The third-order valence-electron chi connectivity index (χ3n) is 4.83. The number of allylic oxidation sites excluding steroid dienone is 1. The average molecular weight is 405 g/mol. The summed E-state index contributed by atoms with van der Waals surface area (Å²) in [7, 11) is 0. The maximum atomic E-state index is 14.2. The molecule has 3 rings (SSSR count). The summed E-state index contributed by atoms with van der Waals surface area (Å²) in [6.07, 6.45) is 3.21. The molecule has 1 aromatic rings. The summed E-state index contributed by atoms with van der Waals surface area (Å²) >= 11 is 6.08. The molecule has 1 saturated heterocycles. The molecule has 0 amide bonds. The summed E-state index contributed by atoms with van der Waals surface area (Å²) in [5.41, 5.74) is 0.392. The SMILES string of the molecule is O=c1nc(OCC=C2CCCCC2)c(Cl)cn1[C@@H]1O[C@](F)(CO)[C@@H](O)[C@H]1O. The molecule has 0 aromatic carbocycles. The van der Waals surface area contributed by atoms with Gasteiger partial charge in [0.05, 0.1) is 0 Å². The summed E-state index contributed by atoms with van der Waals surface area (Å²) in [5.74, 6) is -2.98. The Bertz CT molecular complexity index is 764. The lowest BCUT2D eigenvalue weighted by Gasteiger charge is -2.20. The molecule has 8 nitrogen and oxygen atoms in total. The second kappa shape index (κ2) is 8.24. The van der Waals surface area contributed by atoms with Gasteiger partial charge in [0.25, 0.3) is 5.85 Å². The number of aliphatic hydroxyl groups excluding tert-OH is 3. The zero-order chi connectivity index (χ0) is 19.6. The summed E-state index contributed by atoms with van der Waals surface area (Å²) in [6.45, 7) is -0.974. The van der Waals surface area contributed by atoms with E-state index in [0.717, 1.165) is 36.4 Å². The fourth-order valence-electron chi connectivity index (χ4n) is 3.27. The number of alkyl halides is 1. The highest BCUT2D eigenvalue weighted by molar-refractivity contribution is 6.31. The van der Waals surface area contributed by atoms with Gasteiger partial charge in [-0.2, -0.15) is 4.98 Å². The third-order valence-corrected chi connectivity index (χ3v) is 5.09. The molecule has 3 N–H and O–H groups in total. The van der Waals surface area contributed by atoms with E-state index in [2.05, 4.69) is 4.98 Å². The van der Waals surface area contributed by atoms with Gasteiger partial charge in [0, 0.05) is 6.20 Å². The van der Waals surface area contributed by atoms with Crippen molar-refractivity contribution in [1.82, 2.24) is 9.55 Å². The van der Waals surface area contributed by atoms with Gasteiger partial charge in [0.1, 0.15) is 30.4 Å². The Kier molecular flexibility index (Phi) is 6.17. The highest BCUT2D eigenvalue weighted by Crippen LogP contribution is 2.38. The number of aliphatic hydroxyl groups is 3. The van der Waals surface area contributed by atoms with Crippen LogP contribution in [0.4, 0.5) is 4.39 Å². The Morgan fingerprint density at radius 2 is 2.11 bits per heavy atom. The zero-order valence-electron chi connectivity index (χ0n) is 14.6. The van der Waals surface area contributed by atoms with Crippen LogP contribution in [0.2, 0.25) is 5.02 Å². The fraction of sp³-hybridized carbons (Fsp3) is 0.647. The Labute approximate surface area is 159 Å². The molecule has 1 aliphatic carbocycles. The molecule has 27 heavy (non-hydrogen) atoms. The zero-order valence-corrected chi connectivity index (χ0v) is 15.3. The lowest BCUT2D eigenvalue weighted by atomic mass is 9.95. The van der Waals surface area contributed by atoms with Crippen LogP contribution in [-0.2, 0) is 4.74 Å². The van der Waals surface area contributed by atoms with Crippen LogP contribution < -0.4 is 10.4 Å². The maximum absolute atomic E-state index is 14.2. The van der Waals surface area contributed by atoms with Crippen molar-refractivity contribution in [2.24, 2.45) is 0 Å². The minimum absolute atomic E-state index is 0.0395. The largest absolute Gasteiger partial charge is 0.472 e. The van der Waals surface area contributed by atoms with Gasteiger partial charge in [0.15, 0.2) is 6.23 Å². The highest BCUT2D eigenvalue weighted by Gasteiger charge is 2.56. The van der Waals surface area contributed by atoms with E-state index < -0.39 is 36.6 Å². The van der Waals surface area contributed by atoms with Gasteiger partial charge in [-0.05, 0) is 31.8 Å². The summed E-state index contributed by atoms with van der Waals surface area (Å²) in [4.78, 5) is 15.9. The summed E-state index contributed by atoms with van der Waals surface area (Å²) in [5, 5.41) is 28.6. The monoisotopic (exact) mass is 404 g/mol. The molecule has 1 aliphatic heterocycles. The van der Waals surface area contributed by atoms with Gasteiger partial charge in [0.2, 0.25) is 5.88 Å². The van der Waals surface area contributed by atoms with Crippen molar-refractivity contribution in [1.29, 1.82) is 0 Å². The molecule has 10 heteroatoms. The predicted molar refractivity (Wildman–Crippen MR) is 93.2 cm³/mol. The third kappa shape index (κ3) is 4.17. The van der Waals surface area contributed by atoms with Crippen LogP contribution in [0, 0.1) is 0 Å². The molecule has 1 saturated carbocycles. The van der Waals surface area contributed by atoms with E-state index in [1.807, 2.05) is 6.08 Å². The first-order valence-corrected chi connectivity index (χ1v) is 9.16. The van der Waals surface area contributed by atoms with Gasteiger partial charge in [-0.25, -0.2) is 9.18 Å². The molecule has 2 aliphatic rings. The first-order chi connectivity index (χ1) is 12.9. The standard InChI is InChI=1S/C17H22ClFN2O6/c18-11-8-21(15-12(23)13(24)17(19,9-22)27-15)16(25)20-14(11)26-7-6-10-4-2-1-3-5-10/h6,8,12-13,15,22-24H,1-5,7,9H2/t12-,13+,15-,17-/m1/s1. The van der Waals surface area contributed by atoms with Crippen LogP contribution in [0.5, 0.6) is 5.88 Å². The molecule has 0 unspecified atom stereocenters. The molecule has 0 bridgehead atoms. The minimum Gasteiger partial charge on any atom is -0.472 e. The van der Waals surface area contributed by atoms with Gasteiger partial charge >= 0.3 is 5.69 Å². The molecular formula is C17H22ClFN2O6. The van der Waals surface area contributed by atoms with Crippen LogP contribution in [-0.4, -0.2) is 56.1 Å². The van der Waals surface area contributed by atoms with Crippen molar-refractivity contribution < 1.29 is 29.2 Å². The molecule has 0 spiro atoms. The summed E-state index contributed by atoms with van der Waals surface area (Å²) < 4.78 is 25.2. The topological polar surface area (TPSA) is 114 Å². The van der Waals surface area contributed by atoms with Crippen molar-refractivity contribution in [2.45, 2.75) is 56.4 Å². The smallest absolute Gasteiger partial charge is 0.353 e. The molecule has 150 valence electrons. The van der Waals surface area contributed by atoms with Gasteiger partial charge in [-0.15, -0.1) is 0 Å². The van der Waals surface area contributed by atoms with Crippen LogP contribution in [0.25, 0.3) is 0 Å². The van der Waals surface area contributed by atoms with Crippen LogP contribution >= 0.6 is 11.6 Å². The molecule has 1 aromatic heterocycles. The van der Waals surface area contributed by atoms with E-state index in [9.17, 15) is 19.4 Å². The first-order valence-electron chi connectivity index (χ1n) is 8.79. The average Bonchev–Trinajstić information content (AvgIpc) is 2.90. The van der Waals surface area contributed by atoms with Crippen molar-refractivity contribution in [3.05, 3.63) is 33.4 Å². The number of hydrogen-bond donors (Lipinski definition) is 3. The van der Waals surface area contributed by atoms with E-state index in [0.29, 0.717) is 0 Å². The second-order valence-electron chi connectivity index (χ2n) is 6.71. The maximum Gasteiger partial charge on any atom is 0.353 e. The lowest BCUT2D eigenvalue weighted by molar-refractivity contribution is -0.207. The summed E-state index contributed by atoms with van der Waals surface area (Å²) in [6, 6.07) is 0. The van der Waals surface area contributed by atoms with Gasteiger partial charge in [-0.1, -0.05) is 23.6 Å². The Balaban J connectivity index is 1.74. The quantitative estimate of drug-likeness (QED) is 0.629. The number of aromatic nitrogens is 2. The Hall–Kier alpha value is -1.52. The molecule has 4 atom stereocenters. The molecule has 2 heterocycles. The fourth-order valence-corrected chi connectivity index (χ4v) is 3.47. The molecular weight excluding hydrogens is 383 g/mol. The minimum atomic E-state index is -2.89. The molecule has 0 radical (unpaired) electrons. The van der Waals surface area contributed by atoms with E-state index in [1.165, 1.54) is 12.0 Å². The lowest BCUT2D eigenvalue weighted by Crippen LogP contribution is -2.42. The van der Waals surface area contributed by atoms with Crippen molar-refractivity contribution in [3.8, 4) is 5.88 Å². The predicted octanol–water partition coefficient (Wildman–Crippen LogP) is 1.07. The van der Waals surface area contributed by atoms with E-state index >= 15 is 0 Å². The number of ether oxygens (including phenoxy) is 2. The number of hydrogen-bond acceptors (Lipinski definition) is 7.